The zero-order valence-corrected chi connectivity index (χ0v) is 45.6. The van der Waals surface area contributed by atoms with Crippen molar-refractivity contribution in [1.29, 1.82) is 0 Å². The molecular weight excluding hydrogens is 867 g/mol. The molecule has 0 saturated heterocycles. The summed E-state index contributed by atoms with van der Waals surface area (Å²) in [5, 5.41) is 0. The second-order valence-electron chi connectivity index (χ2n) is 19.4. The van der Waals surface area contributed by atoms with E-state index in [2.05, 4.69) is 144 Å². The summed E-state index contributed by atoms with van der Waals surface area (Å²) >= 11 is -0.826. The molecular formula is C49H90Cl2O2Si3Zr. The molecule has 0 aliphatic heterocycles. The van der Waals surface area contributed by atoms with Gasteiger partial charge in [0.25, 0.3) is 16.6 Å². The van der Waals surface area contributed by atoms with Crippen molar-refractivity contribution in [3.05, 3.63) is 88.1 Å². The van der Waals surface area contributed by atoms with Gasteiger partial charge < -0.3 is 23.7 Å². The fourth-order valence-electron chi connectivity index (χ4n) is 12.4. The Hall–Kier alpha value is 0.154. The number of hydrogen-bond acceptors (Lipinski definition) is 2. The zero-order valence-electron chi connectivity index (χ0n) is 38.6. The Kier molecular flexibility index (Phi) is 26.0. The molecule has 0 N–H and O–H groups in total. The quantitative estimate of drug-likeness (QED) is 0.0524. The molecule has 2 fully saturated rings. The molecule has 0 radical (unpaired) electrons. The maximum atomic E-state index is 7.58. The molecule has 0 aromatic heterocycles. The van der Waals surface area contributed by atoms with E-state index in [1.807, 2.05) is 0 Å². The van der Waals surface area contributed by atoms with Gasteiger partial charge in [0, 0.05) is 11.8 Å². The van der Waals surface area contributed by atoms with Gasteiger partial charge in [-0.25, -0.2) is 0 Å². The molecule has 8 unspecified atom stereocenters. The van der Waals surface area contributed by atoms with Crippen molar-refractivity contribution < 1.29 is 29.7 Å². The summed E-state index contributed by atoms with van der Waals surface area (Å²) in [6.07, 6.45) is 28.8. The van der Waals surface area contributed by atoms with Crippen molar-refractivity contribution in [1.82, 2.24) is 0 Å². The van der Waals surface area contributed by atoms with E-state index in [0.29, 0.717) is 45.8 Å². The molecule has 4 aliphatic carbocycles. The van der Waals surface area contributed by atoms with Gasteiger partial charge in [-0.15, -0.1) is 13.2 Å². The first-order valence-corrected chi connectivity index (χ1v) is 35.9. The first-order chi connectivity index (χ1) is 25.5. The van der Waals surface area contributed by atoms with Gasteiger partial charge in [0.1, 0.15) is 0 Å². The minimum atomic E-state index is -2.01. The fourth-order valence-corrected chi connectivity index (χ4v) is 27.7. The molecule has 0 heterocycles. The van der Waals surface area contributed by atoms with Crippen LogP contribution < -0.4 is 0 Å². The van der Waals surface area contributed by atoms with Crippen molar-refractivity contribution >= 4 is 41.7 Å². The van der Waals surface area contributed by atoms with Gasteiger partial charge in [-0.3, -0.25) is 0 Å². The molecule has 4 rings (SSSR count). The molecule has 0 aromatic rings. The number of halogens is 2. The van der Waals surface area contributed by atoms with Gasteiger partial charge in [-0.05, 0) is 120 Å². The number of hydrogen-bond donors (Lipinski definition) is 0. The Morgan fingerprint density at radius 1 is 0.667 bits per heavy atom. The second-order valence-corrected chi connectivity index (χ2v) is 38.0. The summed E-state index contributed by atoms with van der Waals surface area (Å²) in [7, 11) is 4.08. The van der Waals surface area contributed by atoms with E-state index >= 15 is 0 Å². The zero-order chi connectivity index (χ0) is 40.4. The summed E-state index contributed by atoms with van der Waals surface area (Å²) < 4.78 is 15.2. The van der Waals surface area contributed by atoms with Crippen LogP contribution in [0.4, 0.5) is 0 Å². The first kappa shape index (κ1) is 57.2. The summed E-state index contributed by atoms with van der Waals surface area (Å²) in [6, 6.07) is 2.51. The summed E-state index contributed by atoms with van der Waals surface area (Å²) in [5.41, 5.74) is 3.95. The van der Waals surface area contributed by atoms with E-state index < -0.39 is 45.6 Å². The maximum absolute atomic E-state index is 7.58. The van der Waals surface area contributed by atoms with Gasteiger partial charge >= 0.3 is 37.9 Å². The predicted molar refractivity (Wildman–Crippen MR) is 264 cm³/mol. The van der Waals surface area contributed by atoms with Crippen LogP contribution in [0.3, 0.4) is 0 Å². The van der Waals surface area contributed by atoms with Gasteiger partial charge in [-0.1, -0.05) is 139 Å². The molecule has 0 spiro atoms. The predicted octanol–water partition coefficient (Wildman–Crippen LogP) is 18.1. The topological polar surface area (TPSA) is 18.5 Å². The van der Waals surface area contributed by atoms with Crippen LogP contribution >= 0.6 is 17.0 Å². The molecule has 4 aliphatic rings. The first-order valence-electron chi connectivity index (χ1n) is 21.8. The second kappa shape index (κ2) is 25.9. The molecule has 0 bridgehead atoms. The number of allylic oxidation sites excluding steroid dienone is 10. The number of unbranched alkanes of at least 4 members (excludes halogenated alkanes) is 4. The molecule has 0 aromatic carbocycles. The van der Waals surface area contributed by atoms with Crippen LogP contribution in [0.5, 0.6) is 0 Å². The van der Waals surface area contributed by atoms with Crippen molar-refractivity contribution in [3.63, 3.8) is 0 Å². The third-order valence-electron chi connectivity index (χ3n) is 14.8. The van der Waals surface area contributed by atoms with Crippen molar-refractivity contribution in [2.75, 3.05) is 0 Å². The van der Waals surface area contributed by atoms with Gasteiger partial charge in [0.15, 0.2) is 0 Å². The average Bonchev–Trinajstić information content (AvgIpc) is 3.64. The van der Waals surface area contributed by atoms with Gasteiger partial charge in [0.05, 0.1) is 19.6 Å². The summed E-state index contributed by atoms with van der Waals surface area (Å²) in [4.78, 5) is 0. The van der Waals surface area contributed by atoms with E-state index in [1.165, 1.54) is 62.1 Å². The number of fused-ring (bicyclic) bond motifs is 2. The molecule has 2 nitrogen and oxygen atoms in total. The van der Waals surface area contributed by atoms with Crippen LogP contribution in [0.1, 0.15) is 128 Å². The van der Waals surface area contributed by atoms with E-state index in [9.17, 15) is 0 Å². The molecule has 0 amide bonds. The molecule has 57 heavy (non-hydrogen) atoms. The summed E-state index contributed by atoms with van der Waals surface area (Å²) in [5.74, 6) is 6.44. The van der Waals surface area contributed by atoms with Crippen LogP contribution in [-0.2, 0) is 29.7 Å². The standard InChI is InChI=1S/C46H80O2Si3.CH4.2CH3.2ClH.Zr/c1-15-17-19-21-29-50(33(3)4,34(5)6)47-43-27-23-25-39-41(43)31-37(11)45(39)49(13,14)46-38(12)32-42-40(46)26-24-28-44(42)48-51(35(7)8,36(9)10)30-22-20-18-16-2;;;;;;/h15-16,23-28,33-42,45-46H,1-2,17-22,29-32H2,3-14H3;1H4;2*1H3;2*1H;/q;;2*-1;;;+4/p-2. The van der Waals surface area contributed by atoms with E-state index in [-0.39, 0.29) is 22.3 Å². The Balaban J connectivity index is 0.00000506. The van der Waals surface area contributed by atoms with Crippen molar-refractivity contribution in [3.8, 4) is 0 Å². The van der Waals surface area contributed by atoms with Crippen LogP contribution in [0.2, 0.25) is 58.4 Å². The Morgan fingerprint density at radius 2 is 0.982 bits per heavy atom. The third-order valence-corrected chi connectivity index (χ3v) is 31.5. The normalized spacial score (nSPS) is 26.5. The van der Waals surface area contributed by atoms with Crippen molar-refractivity contribution in [2.24, 2.45) is 35.5 Å². The summed E-state index contributed by atoms with van der Waals surface area (Å²) in [6.45, 7) is 38.4. The monoisotopic (exact) mass is 954 g/mol. The Bertz CT molecular complexity index is 1210. The van der Waals surface area contributed by atoms with Crippen molar-refractivity contribution in [2.45, 2.75) is 186 Å². The van der Waals surface area contributed by atoms with Crippen LogP contribution in [0.15, 0.2) is 73.3 Å². The average molecular weight is 958 g/mol. The van der Waals surface area contributed by atoms with E-state index in [4.69, 9.17) is 25.9 Å². The molecule has 2 saturated carbocycles. The van der Waals surface area contributed by atoms with Crippen LogP contribution in [0, 0.1) is 50.4 Å². The number of rotatable bonds is 20. The van der Waals surface area contributed by atoms with Gasteiger partial charge in [0.2, 0.25) is 0 Å². The van der Waals surface area contributed by atoms with E-state index in [1.54, 1.807) is 0 Å². The van der Waals surface area contributed by atoms with Crippen LogP contribution in [-0.4, -0.2) is 24.7 Å². The fraction of sp³-hybridized carbons (Fsp3) is 0.714. The Labute approximate surface area is 378 Å². The Morgan fingerprint density at radius 3 is 1.26 bits per heavy atom. The SMILES string of the molecule is C.C=CCCCC[Si](OC1=CC=CC2C1CC(C)C2[Si](C)(C)C1C(C)CC2C(O[Si](CCCCC=C)(C(C)C)C(C)C)=CC=CC21)(C(C)C)C(C)C.[CH3-].[CH3-].[Cl][Zr+2][Cl]. The molecule has 8 heteroatoms. The van der Waals surface area contributed by atoms with Gasteiger partial charge in [-0.2, -0.15) is 0 Å². The van der Waals surface area contributed by atoms with Crippen LogP contribution in [0.25, 0.3) is 0 Å². The third kappa shape index (κ3) is 13.1. The molecule has 328 valence electrons. The van der Waals surface area contributed by atoms with E-state index in [0.717, 1.165) is 35.8 Å². The molecule has 8 atom stereocenters. The minimum absolute atomic E-state index is 0.